The number of benzene rings is 4. The summed E-state index contributed by atoms with van der Waals surface area (Å²) in [5.41, 5.74) is 4.73. The molecule has 0 radical (unpaired) electrons. The molecular formula is C29H27NO3. The number of hydrogen-bond donors (Lipinski definition) is 1. The summed E-state index contributed by atoms with van der Waals surface area (Å²) >= 11 is 0. The van der Waals surface area contributed by atoms with Crippen molar-refractivity contribution in [2.45, 2.75) is 19.6 Å². The molecule has 0 bridgehead atoms. The highest BCUT2D eigenvalue weighted by Gasteiger charge is 2.14. The molecule has 0 spiro atoms. The molecule has 0 aliphatic rings. The van der Waals surface area contributed by atoms with Gasteiger partial charge in [-0.1, -0.05) is 72.8 Å². The minimum absolute atomic E-state index is 0.0939. The third-order valence-corrected chi connectivity index (χ3v) is 5.55. The fraction of sp³-hybridized carbons (Fsp3) is 0.138. The number of amides is 1. The molecule has 1 amide bonds. The van der Waals surface area contributed by atoms with Gasteiger partial charge in [-0.25, -0.2) is 0 Å². The molecule has 0 heterocycles. The van der Waals surface area contributed by atoms with Crippen molar-refractivity contribution in [2.24, 2.45) is 0 Å². The summed E-state index contributed by atoms with van der Waals surface area (Å²) in [6.45, 7) is 2.27. The summed E-state index contributed by atoms with van der Waals surface area (Å²) < 4.78 is 11.5. The Balaban J connectivity index is 1.44. The molecule has 1 N–H and O–H groups in total. The summed E-state index contributed by atoms with van der Waals surface area (Å²) in [6, 6.07) is 33.4. The lowest BCUT2D eigenvalue weighted by Crippen LogP contribution is -2.26. The average molecular weight is 438 g/mol. The van der Waals surface area contributed by atoms with E-state index in [0.29, 0.717) is 17.9 Å². The Morgan fingerprint density at radius 1 is 0.818 bits per heavy atom. The molecule has 4 aromatic carbocycles. The lowest BCUT2D eigenvalue weighted by Gasteiger charge is -2.16. The normalized spacial score (nSPS) is 11.5. The maximum Gasteiger partial charge on any atom is 0.251 e. The van der Waals surface area contributed by atoms with Crippen LogP contribution in [0.25, 0.3) is 11.1 Å². The van der Waals surface area contributed by atoms with Crippen molar-refractivity contribution in [3.05, 3.63) is 120 Å². The zero-order chi connectivity index (χ0) is 23.0. The Morgan fingerprint density at radius 3 is 2.12 bits per heavy atom. The van der Waals surface area contributed by atoms with Crippen molar-refractivity contribution in [2.75, 3.05) is 7.11 Å². The van der Waals surface area contributed by atoms with Gasteiger partial charge in [0.25, 0.3) is 5.91 Å². The molecule has 1 atom stereocenters. The van der Waals surface area contributed by atoms with Crippen LogP contribution >= 0.6 is 0 Å². The van der Waals surface area contributed by atoms with Crippen LogP contribution in [0.3, 0.4) is 0 Å². The lowest BCUT2D eigenvalue weighted by atomic mass is 10.1. The van der Waals surface area contributed by atoms with Crippen molar-refractivity contribution in [3.8, 4) is 22.6 Å². The van der Waals surface area contributed by atoms with E-state index in [1.165, 1.54) is 0 Å². The lowest BCUT2D eigenvalue weighted by molar-refractivity contribution is 0.0939. The summed E-state index contributed by atoms with van der Waals surface area (Å²) in [7, 11) is 1.62. The second-order valence-electron chi connectivity index (χ2n) is 7.81. The summed E-state index contributed by atoms with van der Waals surface area (Å²) in [5.74, 6) is 1.30. The number of ether oxygens (including phenoxy) is 2. The van der Waals surface area contributed by atoms with E-state index in [0.717, 1.165) is 28.0 Å². The van der Waals surface area contributed by atoms with Gasteiger partial charge in [0.2, 0.25) is 0 Å². The Bertz CT molecular complexity index is 1190. The molecule has 4 aromatic rings. The van der Waals surface area contributed by atoms with Crippen LogP contribution in [-0.4, -0.2) is 13.0 Å². The zero-order valence-electron chi connectivity index (χ0n) is 18.8. The number of carbonyl (C=O) groups is 1. The SMILES string of the molecule is COc1ccc(C(=O)NC(C)c2ccccc2)cc1COc1ccc(-c2ccccc2)cc1. The van der Waals surface area contributed by atoms with Crippen molar-refractivity contribution in [3.63, 3.8) is 0 Å². The molecule has 0 aliphatic heterocycles. The summed E-state index contributed by atoms with van der Waals surface area (Å²) in [5, 5.41) is 3.05. The van der Waals surface area contributed by atoms with Gasteiger partial charge in [0.15, 0.2) is 0 Å². The quantitative estimate of drug-likeness (QED) is 0.345. The van der Waals surface area contributed by atoms with Gasteiger partial charge in [0, 0.05) is 11.1 Å². The fourth-order valence-corrected chi connectivity index (χ4v) is 3.67. The van der Waals surface area contributed by atoms with Crippen LogP contribution in [0.2, 0.25) is 0 Å². The number of nitrogens with one attached hydrogen (secondary N) is 1. The average Bonchev–Trinajstić information content (AvgIpc) is 2.88. The van der Waals surface area contributed by atoms with Crippen LogP contribution < -0.4 is 14.8 Å². The third-order valence-electron chi connectivity index (χ3n) is 5.55. The summed E-state index contributed by atoms with van der Waals surface area (Å²) in [4.78, 5) is 12.8. The summed E-state index contributed by atoms with van der Waals surface area (Å²) in [6.07, 6.45) is 0. The van der Waals surface area contributed by atoms with Crippen LogP contribution in [0.1, 0.15) is 34.5 Å². The maximum absolute atomic E-state index is 12.8. The van der Waals surface area contributed by atoms with Crippen LogP contribution in [0.5, 0.6) is 11.5 Å². The highest BCUT2D eigenvalue weighted by atomic mass is 16.5. The van der Waals surface area contributed by atoms with Gasteiger partial charge in [-0.2, -0.15) is 0 Å². The Hall–Kier alpha value is -4.05. The van der Waals surface area contributed by atoms with Crippen LogP contribution in [-0.2, 0) is 6.61 Å². The van der Waals surface area contributed by atoms with E-state index in [9.17, 15) is 4.79 Å². The Morgan fingerprint density at radius 2 is 1.45 bits per heavy atom. The smallest absolute Gasteiger partial charge is 0.251 e. The van der Waals surface area contributed by atoms with Gasteiger partial charge in [-0.05, 0) is 53.9 Å². The Kier molecular flexibility index (Phi) is 7.06. The maximum atomic E-state index is 12.8. The molecule has 166 valence electrons. The van der Waals surface area contributed by atoms with E-state index in [-0.39, 0.29) is 11.9 Å². The van der Waals surface area contributed by atoms with E-state index in [1.54, 1.807) is 19.2 Å². The van der Waals surface area contributed by atoms with Gasteiger partial charge >= 0.3 is 0 Å². The van der Waals surface area contributed by atoms with Gasteiger partial charge in [0.05, 0.1) is 13.2 Å². The minimum atomic E-state index is -0.137. The molecule has 0 aliphatic carbocycles. The first-order valence-electron chi connectivity index (χ1n) is 10.9. The van der Waals surface area contributed by atoms with Crippen molar-refractivity contribution in [1.82, 2.24) is 5.32 Å². The molecule has 4 nitrogen and oxygen atoms in total. The Labute approximate surface area is 194 Å². The number of carbonyl (C=O) groups excluding carboxylic acids is 1. The topological polar surface area (TPSA) is 47.6 Å². The zero-order valence-corrected chi connectivity index (χ0v) is 18.8. The molecule has 4 rings (SSSR count). The monoisotopic (exact) mass is 437 g/mol. The molecule has 4 heteroatoms. The van der Waals surface area contributed by atoms with Crippen LogP contribution in [0.15, 0.2) is 103 Å². The van der Waals surface area contributed by atoms with E-state index >= 15 is 0 Å². The highest BCUT2D eigenvalue weighted by Crippen LogP contribution is 2.25. The standard InChI is InChI=1S/C29H27NO3/c1-21(22-9-5-3-6-10-22)30-29(31)25-15-18-28(32-2)26(19-25)20-33-27-16-13-24(14-17-27)23-11-7-4-8-12-23/h3-19,21H,20H2,1-2H3,(H,30,31). The second-order valence-corrected chi connectivity index (χ2v) is 7.81. The first-order valence-corrected chi connectivity index (χ1v) is 10.9. The van der Waals surface area contributed by atoms with Crippen molar-refractivity contribution >= 4 is 5.91 Å². The molecule has 0 saturated heterocycles. The van der Waals surface area contributed by atoms with Gasteiger partial charge in [-0.15, -0.1) is 0 Å². The third kappa shape index (κ3) is 5.60. The van der Waals surface area contributed by atoms with E-state index in [1.807, 2.05) is 85.8 Å². The van der Waals surface area contributed by atoms with E-state index in [4.69, 9.17) is 9.47 Å². The molecular weight excluding hydrogens is 410 g/mol. The minimum Gasteiger partial charge on any atom is -0.496 e. The number of hydrogen-bond acceptors (Lipinski definition) is 3. The van der Waals surface area contributed by atoms with Crippen LogP contribution in [0, 0.1) is 0 Å². The van der Waals surface area contributed by atoms with Gasteiger partial charge < -0.3 is 14.8 Å². The first kappa shape index (κ1) is 22.2. The van der Waals surface area contributed by atoms with Crippen LogP contribution in [0.4, 0.5) is 0 Å². The fourth-order valence-electron chi connectivity index (χ4n) is 3.67. The molecule has 0 aromatic heterocycles. The first-order chi connectivity index (χ1) is 16.1. The van der Waals surface area contributed by atoms with Crippen molar-refractivity contribution < 1.29 is 14.3 Å². The van der Waals surface area contributed by atoms with Gasteiger partial charge in [0.1, 0.15) is 18.1 Å². The van der Waals surface area contributed by atoms with E-state index < -0.39 is 0 Å². The molecule has 1 unspecified atom stereocenters. The second kappa shape index (κ2) is 10.5. The molecule has 33 heavy (non-hydrogen) atoms. The molecule has 0 fully saturated rings. The highest BCUT2D eigenvalue weighted by molar-refractivity contribution is 5.94. The van der Waals surface area contributed by atoms with Gasteiger partial charge in [-0.3, -0.25) is 4.79 Å². The number of methoxy groups -OCH3 is 1. The predicted molar refractivity (Wildman–Crippen MR) is 132 cm³/mol. The largest absolute Gasteiger partial charge is 0.496 e. The predicted octanol–water partition coefficient (Wildman–Crippen LogP) is 6.43. The van der Waals surface area contributed by atoms with Crippen molar-refractivity contribution in [1.29, 1.82) is 0 Å². The molecule has 0 saturated carbocycles. The van der Waals surface area contributed by atoms with E-state index in [2.05, 4.69) is 17.4 Å². The number of rotatable bonds is 8.